The summed E-state index contributed by atoms with van der Waals surface area (Å²) < 4.78 is 11.0. The second kappa shape index (κ2) is 7.36. The van der Waals surface area contributed by atoms with Gasteiger partial charge in [0, 0.05) is 58.1 Å². The summed E-state index contributed by atoms with van der Waals surface area (Å²) in [7, 11) is 1.72. The van der Waals surface area contributed by atoms with Crippen LogP contribution in [0.1, 0.15) is 13.3 Å². The van der Waals surface area contributed by atoms with Crippen molar-refractivity contribution in [1.82, 2.24) is 5.32 Å². The number of rotatable bonds is 6. The molecule has 0 aliphatic carbocycles. The molecule has 1 aliphatic heterocycles. The summed E-state index contributed by atoms with van der Waals surface area (Å²) in [5.41, 5.74) is 1.25. The van der Waals surface area contributed by atoms with E-state index in [0.717, 1.165) is 45.0 Å². The summed E-state index contributed by atoms with van der Waals surface area (Å²) in [4.78, 5) is 2.39. The molecule has 1 unspecified atom stereocenters. The van der Waals surface area contributed by atoms with E-state index in [-0.39, 0.29) is 6.10 Å². The molecule has 0 aromatic heterocycles. The fraction of sp³-hybridized carbons (Fsp3) is 0.600. The van der Waals surface area contributed by atoms with Gasteiger partial charge in [-0.05, 0) is 19.1 Å². The summed E-state index contributed by atoms with van der Waals surface area (Å²) in [5.74, 6) is 0.944. The van der Waals surface area contributed by atoms with Crippen LogP contribution in [0.3, 0.4) is 0 Å². The van der Waals surface area contributed by atoms with Crippen LogP contribution in [0.2, 0.25) is 0 Å². The molecule has 0 spiro atoms. The zero-order valence-corrected chi connectivity index (χ0v) is 11.9. The third-order valence-corrected chi connectivity index (χ3v) is 3.37. The van der Waals surface area contributed by atoms with E-state index >= 15 is 0 Å². The lowest BCUT2D eigenvalue weighted by Gasteiger charge is -2.29. The molecule has 1 heterocycles. The fourth-order valence-electron chi connectivity index (χ4n) is 2.25. The Balaban J connectivity index is 1.94. The fourth-order valence-corrected chi connectivity index (χ4v) is 2.25. The van der Waals surface area contributed by atoms with Crippen LogP contribution in [0, 0.1) is 0 Å². The highest BCUT2D eigenvalue weighted by Crippen LogP contribution is 2.22. The number of anilines is 1. The number of hydrogen-bond acceptors (Lipinski definition) is 4. The van der Waals surface area contributed by atoms with Gasteiger partial charge in [-0.3, -0.25) is 0 Å². The largest absolute Gasteiger partial charge is 0.491 e. The van der Waals surface area contributed by atoms with Crippen LogP contribution < -0.4 is 15.0 Å². The maximum absolute atomic E-state index is 5.93. The van der Waals surface area contributed by atoms with E-state index in [1.807, 2.05) is 6.07 Å². The lowest BCUT2D eigenvalue weighted by atomic mass is 10.2. The molecule has 1 N–H and O–H groups in total. The Bertz CT molecular complexity index is 378. The summed E-state index contributed by atoms with van der Waals surface area (Å²) in [5, 5.41) is 3.37. The predicted molar refractivity (Wildman–Crippen MR) is 78.1 cm³/mol. The number of nitrogens with zero attached hydrogens (tertiary/aromatic N) is 1. The van der Waals surface area contributed by atoms with E-state index in [1.165, 1.54) is 5.69 Å². The third-order valence-electron chi connectivity index (χ3n) is 3.37. The van der Waals surface area contributed by atoms with Crippen molar-refractivity contribution in [3.63, 3.8) is 0 Å². The first-order valence-electron chi connectivity index (χ1n) is 7.01. The van der Waals surface area contributed by atoms with Crippen molar-refractivity contribution in [3.8, 4) is 5.75 Å². The normalized spacial score (nSPS) is 17.3. The van der Waals surface area contributed by atoms with Crippen molar-refractivity contribution in [1.29, 1.82) is 0 Å². The zero-order valence-electron chi connectivity index (χ0n) is 11.9. The van der Waals surface area contributed by atoms with Gasteiger partial charge in [-0.2, -0.15) is 0 Å². The topological polar surface area (TPSA) is 33.7 Å². The molecule has 1 aromatic rings. The van der Waals surface area contributed by atoms with E-state index in [2.05, 4.69) is 35.3 Å². The number of ether oxygens (including phenoxy) is 2. The van der Waals surface area contributed by atoms with Gasteiger partial charge in [0.05, 0.1) is 6.10 Å². The van der Waals surface area contributed by atoms with Crippen LogP contribution in [0.4, 0.5) is 5.69 Å². The van der Waals surface area contributed by atoms with Gasteiger partial charge in [-0.15, -0.1) is 0 Å². The van der Waals surface area contributed by atoms with Gasteiger partial charge < -0.3 is 19.7 Å². The van der Waals surface area contributed by atoms with Crippen molar-refractivity contribution in [2.75, 3.05) is 44.8 Å². The quantitative estimate of drug-likeness (QED) is 0.851. The molecule has 19 heavy (non-hydrogen) atoms. The second-order valence-electron chi connectivity index (χ2n) is 4.94. The van der Waals surface area contributed by atoms with Crippen molar-refractivity contribution in [2.45, 2.75) is 19.4 Å². The number of piperazine rings is 1. The van der Waals surface area contributed by atoms with Crippen LogP contribution in [0.15, 0.2) is 24.3 Å². The number of nitrogens with one attached hydrogen (secondary N) is 1. The van der Waals surface area contributed by atoms with Crippen LogP contribution >= 0.6 is 0 Å². The first-order chi connectivity index (χ1) is 9.29. The summed E-state index contributed by atoms with van der Waals surface area (Å²) in [6, 6.07) is 8.37. The highest BCUT2D eigenvalue weighted by atomic mass is 16.5. The molecule has 1 aromatic carbocycles. The number of methoxy groups -OCH3 is 1. The van der Waals surface area contributed by atoms with Gasteiger partial charge in [0.1, 0.15) is 5.75 Å². The van der Waals surface area contributed by atoms with Gasteiger partial charge in [0.2, 0.25) is 0 Å². The lowest BCUT2D eigenvalue weighted by Crippen LogP contribution is -2.43. The van der Waals surface area contributed by atoms with E-state index in [9.17, 15) is 0 Å². The number of benzene rings is 1. The molecule has 0 saturated carbocycles. The Hall–Kier alpha value is -1.26. The van der Waals surface area contributed by atoms with Gasteiger partial charge in [0.25, 0.3) is 0 Å². The lowest BCUT2D eigenvalue weighted by molar-refractivity contribution is 0.135. The summed E-state index contributed by atoms with van der Waals surface area (Å²) in [6.45, 7) is 7.03. The van der Waals surface area contributed by atoms with Crippen LogP contribution in [-0.4, -0.2) is 46.0 Å². The summed E-state index contributed by atoms with van der Waals surface area (Å²) >= 11 is 0. The first-order valence-corrected chi connectivity index (χ1v) is 7.01. The van der Waals surface area contributed by atoms with E-state index in [1.54, 1.807) is 7.11 Å². The molecular weight excluding hydrogens is 240 g/mol. The van der Waals surface area contributed by atoms with Gasteiger partial charge >= 0.3 is 0 Å². The summed E-state index contributed by atoms with van der Waals surface area (Å²) in [6.07, 6.45) is 1.09. The molecule has 1 saturated heterocycles. The molecule has 0 bridgehead atoms. The smallest absolute Gasteiger partial charge is 0.121 e. The van der Waals surface area contributed by atoms with Crippen molar-refractivity contribution in [3.05, 3.63) is 24.3 Å². The molecule has 0 amide bonds. The maximum atomic E-state index is 5.93. The highest BCUT2D eigenvalue weighted by Gasteiger charge is 2.11. The molecule has 0 radical (unpaired) electrons. The Morgan fingerprint density at radius 2 is 2.11 bits per heavy atom. The highest BCUT2D eigenvalue weighted by molar-refractivity contribution is 5.51. The SMILES string of the molecule is COCCC(C)Oc1cccc(N2CCNCC2)c1. The molecule has 1 atom stereocenters. The molecule has 1 aliphatic rings. The van der Waals surface area contributed by atoms with Gasteiger partial charge in [0.15, 0.2) is 0 Å². The zero-order chi connectivity index (χ0) is 13.5. The molecule has 2 rings (SSSR count). The van der Waals surface area contributed by atoms with Gasteiger partial charge in [-0.25, -0.2) is 0 Å². The van der Waals surface area contributed by atoms with Gasteiger partial charge in [-0.1, -0.05) is 6.07 Å². The van der Waals surface area contributed by atoms with Crippen molar-refractivity contribution < 1.29 is 9.47 Å². The molecule has 4 heteroatoms. The Kier molecular flexibility index (Phi) is 5.48. The second-order valence-corrected chi connectivity index (χ2v) is 4.94. The first kappa shape index (κ1) is 14.2. The van der Waals surface area contributed by atoms with E-state index in [0.29, 0.717) is 0 Å². The standard InChI is InChI=1S/C15H24N2O2/c1-13(6-11-18-2)19-15-5-3-4-14(12-15)17-9-7-16-8-10-17/h3-5,12-13,16H,6-11H2,1-2H3. The average Bonchev–Trinajstić information content (AvgIpc) is 2.46. The van der Waals surface area contributed by atoms with Crippen molar-refractivity contribution in [2.24, 2.45) is 0 Å². The van der Waals surface area contributed by atoms with Crippen molar-refractivity contribution >= 4 is 5.69 Å². The molecular formula is C15H24N2O2. The van der Waals surface area contributed by atoms with E-state index in [4.69, 9.17) is 9.47 Å². The predicted octanol–water partition coefficient (Wildman–Crippen LogP) is 1.90. The van der Waals surface area contributed by atoms with Crippen LogP contribution in [-0.2, 0) is 4.74 Å². The minimum absolute atomic E-state index is 0.179. The monoisotopic (exact) mass is 264 g/mol. The Labute approximate surface area is 115 Å². The van der Waals surface area contributed by atoms with Crippen LogP contribution in [0.5, 0.6) is 5.75 Å². The van der Waals surface area contributed by atoms with Crippen LogP contribution in [0.25, 0.3) is 0 Å². The molecule has 106 valence electrons. The Morgan fingerprint density at radius 1 is 1.32 bits per heavy atom. The maximum Gasteiger partial charge on any atom is 0.121 e. The third kappa shape index (κ3) is 4.40. The minimum atomic E-state index is 0.179. The molecule has 4 nitrogen and oxygen atoms in total. The minimum Gasteiger partial charge on any atom is -0.491 e. The van der Waals surface area contributed by atoms with E-state index < -0.39 is 0 Å². The average molecular weight is 264 g/mol. The Morgan fingerprint density at radius 3 is 2.84 bits per heavy atom. The number of hydrogen-bond donors (Lipinski definition) is 1. The molecule has 1 fully saturated rings.